The van der Waals surface area contributed by atoms with Gasteiger partial charge in [0.2, 0.25) is 0 Å². The number of halogens is 1. The lowest BCUT2D eigenvalue weighted by Crippen LogP contribution is -2.48. The van der Waals surface area contributed by atoms with Crippen molar-refractivity contribution in [1.29, 1.82) is 0 Å². The molecule has 0 aliphatic carbocycles. The molecule has 3 aromatic rings. The first-order valence-corrected chi connectivity index (χ1v) is 9.73. The van der Waals surface area contributed by atoms with Crippen LogP contribution < -0.4 is 0 Å². The van der Waals surface area contributed by atoms with E-state index in [2.05, 4.69) is 20.4 Å². The molecular weight excluding hydrogens is 405 g/mol. The first kappa shape index (κ1) is 20.5. The maximum absolute atomic E-state index is 13.5. The van der Waals surface area contributed by atoms with E-state index in [4.69, 9.17) is 0 Å². The molecule has 1 aliphatic heterocycles. The quantitative estimate of drug-likeness (QED) is 0.454. The third kappa shape index (κ3) is 4.26. The Morgan fingerprint density at radius 3 is 2.61 bits per heavy atom. The zero-order chi connectivity index (χ0) is 22.0. The summed E-state index contributed by atoms with van der Waals surface area (Å²) in [7, 11) is 0. The predicted octanol–water partition coefficient (Wildman–Crippen LogP) is 1.98. The molecule has 1 saturated heterocycles. The number of nitro benzene ring substituents is 1. The van der Waals surface area contributed by atoms with E-state index in [9.17, 15) is 19.3 Å². The van der Waals surface area contributed by atoms with Crippen LogP contribution in [0.25, 0.3) is 5.69 Å². The summed E-state index contributed by atoms with van der Waals surface area (Å²) >= 11 is 0. The SMILES string of the molecule is Cc1c(C(=O)N2CCN(Cc3nnnn3-c3cccc(F)c3)CC2)cccc1[N+](=O)[O-]. The summed E-state index contributed by atoms with van der Waals surface area (Å²) in [5.41, 5.74) is 1.19. The lowest BCUT2D eigenvalue weighted by atomic mass is 10.1. The lowest BCUT2D eigenvalue weighted by Gasteiger charge is -2.34. The van der Waals surface area contributed by atoms with Gasteiger partial charge < -0.3 is 4.90 Å². The Labute approximate surface area is 177 Å². The lowest BCUT2D eigenvalue weighted by molar-refractivity contribution is -0.385. The summed E-state index contributed by atoms with van der Waals surface area (Å²) in [6, 6.07) is 10.6. The number of piperazine rings is 1. The van der Waals surface area contributed by atoms with Crippen molar-refractivity contribution in [3.63, 3.8) is 0 Å². The average molecular weight is 425 g/mol. The van der Waals surface area contributed by atoms with Crippen LogP contribution >= 0.6 is 0 Å². The highest BCUT2D eigenvalue weighted by molar-refractivity contribution is 5.96. The molecule has 1 aliphatic rings. The van der Waals surface area contributed by atoms with Crippen LogP contribution in [-0.4, -0.2) is 67.0 Å². The van der Waals surface area contributed by atoms with Crippen LogP contribution in [0.2, 0.25) is 0 Å². The van der Waals surface area contributed by atoms with E-state index in [0.29, 0.717) is 55.4 Å². The minimum Gasteiger partial charge on any atom is -0.336 e. The van der Waals surface area contributed by atoms with Gasteiger partial charge in [-0.1, -0.05) is 12.1 Å². The Kier molecular flexibility index (Phi) is 5.67. The van der Waals surface area contributed by atoms with Crippen molar-refractivity contribution in [2.75, 3.05) is 26.2 Å². The van der Waals surface area contributed by atoms with Crippen molar-refractivity contribution < 1.29 is 14.1 Å². The van der Waals surface area contributed by atoms with Crippen LogP contribution in [0.3, 0.4) is 0 Å². The first-order valence-electron chi connectivity index (χ1n) is 9.73. The summed E-state index contributed by atoms with van der Waals surface area (Å²) < 4.78 is 15.0. The van der Waals surface area contributed by atoms with Gasteiger partial charge in [0.25, 0.3) is 11.6 Å². The minimum atomic E-state index is -0.479. The van der Waals surface area contributed by atoms with Crippen molar-refractivity contribution in [2.45, 2.75) is 13.5 Å². The zero-order valence-corrected chi connectivity index (χ0v) is 16.8. The number of rotatable bonds is 5. The van der Waals surface area contributed by atoms with E-state index in [-0.39, 0.29) is 17.4 Å². The molecule has 0 unspecified atom stereocenters. The molecule has 2 heterocycles. The monoisotopic (exact) mass is 425 g/mol. The Morgan fingerprint density at radius 2 is 1.90 bits per heavy atom. The number of tetrazole rings is 1. The zero-order valence-electron chi connectivity index (χ0n) is 16.8. The van der Waals surface area contributed by atoms with Gasteiger partial charge in [0, 0.05) is 43.4 Å². The Hall–Kier alpha value is -3.73. The normalized spacial score (nSPS) is 14.6. The largest absolute Gasteiger partial charge is 0.336 e. The van der Waals surface area contributed by atoms with Crippen molar-refractivity contribution >= 4 is 11.6 Å². The number of hydrogen-bond donors (Lipinski definition) is 0. The van der Waals surface area contributed by atoms with E-state index < -0.39 is 4.92 Å². The highest BCUT2D eigenvalue weighted by Crippen LogP contribution is 2.23. The molecule has 31 heavy (non-hydrogen) atoms. The fourth-order valence-corrected chi connectivity index (χ4v) is 3.65. The molecule has 4 rings (SSSR count). The summed E-state index contributed by atoms with van der Waals surface area (Å²) in [5, 5.41) is 22.9. The van der Waals surface area contributed by atoms with Crippen molar-refractivity contribution in [3.8, 4) is 5.69 Å². The molecule has 0 N–H and O–H groups in total. The molecule has 1 amide bonds. The molecule has 0 bridgehead atoms. The molecule has 11 heteroatoms. The standard InChI is InChI=1S/C20H20FN7O3/c1-14-17(6-3-7-18(14)28(30)31)20(29)26-10-8-25(9-11-26)13-19-22-23-24-27(19)16-5-2-4-15(21)12-16/h2-7,12H,8-11,13H2,1H3. The number of nitro groups is 1. The first-order chi connectivity index (χ1) is 14.9. The molecule has 1 aromatic heterocycles. The summed E-state index contributed by atoms with van der Waals surface area (Å²) in [6.07, 6.45) is 0. The predicted molar refractivity (Wildman–Crippen MR) is 108 cm³/mol. The van der Waals surface area contributed by atoms with Gasteiger partial charge in [-0.25, -0.2) is 4.39 Å². The molecule has 2 aromatic carbocycles. The van der Waals surface area contributed by atoms with Gasteiger partial charge in [0.05, 0.1) is 17.2 Å². The van der Waals surface area contributed by atoms with Gasteiger partial charge >= 0.3 is 0 Å². The van der Waals surface area contributed by atoms with E-state index in [0.717, 1.165) is 0 Å². The topological polar surface area (TPSA) is 110 Å². The third-order valence-corrected chi connectivity index (χ3v) is 5.34. The van der Waals surface area contributed by atoms with Crippen molar-refractivity contribution in [2.24, 2.45) is 0 Å². The van der Waals surface area contributed by atoms with Crippen molar-refractivity contribution in [1.82, 2.24) is 30.0 Å². The molecule has 10 nitrogen and oxygen atoms in total. The van der Waals surface area contributed by atoms with Gasteiger partial charge in [0.1, 0.15) is 5.82 Å². The summed E-state index contributed by atoms with van der Waals surface area (Å²) in [4.78, 5) is 27.4. The van der Waals surface area contributed by atoms with E-state index in [1.165, 1.54) is 28.9 Å². The molecule has 0 saturated carbocycles. The van der Waals surface area contributed by atoms with Crippen molar-refractivity contribution in [3.05, 3.63) is 75.3 Å². The number of nitrogens with zero attached hydrogens (tertiary/aromatic N) is 7. The van der Waals surface area contributed by atoms with Crippen LogP contribution in [0, 0.1) is 22.9 Å². The average Bonchev–Trinajstić information content (AvgIpc) is 3.22. The van der Waals surface area contributed by atoms with Crippen LogP contribution in [-0.2, 0) is 6.54 Å². The second-order valence-corrected chi connectivity index (χ2v) is 7.26. The minimum absolute atomic E-state index is 0.0614. The number of benzene rings is 2. The Morgan fingerprint density at radius 1 is 1.16 bits per heavy atom. The number of amides is 1. The molecular formula is C20H20FN7O3. The third-order valence-electron chi connectivity index (χ3n) is 5.34. The molecule has 0 atom stereocenters. The fourth-order valence-electron chi connectivity index (χ4n) is 3.65. The fraction of sp³-hybridized carbons (Fsp3) is 0.300. The van der Waals surface area contributed by atoms with Gasteiger partial charge in [-0.3, -0.25) is 19.8 Å². The Balaban J connectivity index is 1.41. The number of carbonyl (C=O) groups excluding carboxylic acids is 1. The molecule has 160 valence electrons. The smallest absolute Gasteiger partial charge is 0.273 e. The second-order valence-electron chi connectivity index (χ2n) is 7.26. The maximum atomic E-state index is 13.5. The molecule has 0 spiro atoms. The van der Waals surface area contributed by atoms with Crippen LogP contribution in [0.5, 0.6) is 0 Å². The highest BCUT2D eigenvalue weighted by Gasteiger charge is 2.26. The number of hydrogen-bond acceptors (Lipinski definition) is 7. The highest BCUT2D eigenvalue weighted by atomic mass is 19.1. The van der Waals surface area contributed by atoms with Gasteiger partial charge in [-0.2, -0.15) is 4.68 Å². The number of carbonyl (C=O) groups is 1. The second kappa shape index (κ2) is 8.56. The van der Waals surface area contributed by atoms with Gasteiger partial charge in [-0.15, -0.1) is 5.10 Å². The van der Waals surface area contributed by atoms with Gasteiger partial charge in [0.15, 0.2) is 5.82 Å². The van der Waals surface area contributed by atoms with Crippen LogP contribution in [0.15, 0.2) is 42.5 Å². The van der Waals surface area contributed by atoms with E-state index in [1.807, 2.05) is 0 Å². The summed E-state index contributed by atoms with van der Waals surface area (Å²) in [6.45, 7) is 4.17. The molecule has 0 radical (unpaired) electrons. The van der Waals surface area contributed by atoms with Crippen LogP contribution in [0.4, 0.5) is 10.1 Å². The van der Waals surface area contributed by atoms with E-state index in [1.54, 1.807) is 30.0 Å². The maximum Gasteiger partial charge on any atom is 0.273 e. The molecule has 1 fully saturated rings. The van der Waals surface area contributed by atoms with E-state index >= 15 is 0 Å². The van der Waals surface area contributed by atoms with Crippen LogP contribution in [0.1, 0.15) is 21.7 Å². The van der Waals surface area contributed by atoms with Gasteiger partial charge in [-0.05, 0) is 41.6 Å². The Bertz CT molecular complexity index is 1130. The number of aromatic nitrogens is 4. The summed E-state index contributed by atoms with van der Waals surface area (Å²) in [5.74, 6) is -0.0205.